The minimum absolute atomic E-state index is 0.445. The zero-order chi connectivity index (χ0) is 13.7. The number of aromatic nitrogens is 2. The SMILES string of the molecule is CCN(CC)CCNc1nc(NN)nc2sccc12. The third-order valence-electron chi connectivity index (χ3n) is 3.07. The van der Waals surface area contributed by atoms with E-state index in [1.807, 2.05) is 11.4 Å². The molecule has 0 bridgehead atoms. The number of fused-ring (bicyclic) bond motifs is 1. The normalized spacial score (nSPS) is 11.2. The monoisotopic (exact) mass is 280 g/mol. The first kappa shape index (κ1) is 14.0. The summed E-state index contributed by atoms with van der Waals surface area (Å²) in [7, 11) is 0. The van der Waals surface area contributed by atoms with Gasteiger partial charge < -0.3 is 10.2 Å². The van der Waals surface area contributed by atoms with E-state index < -0.39 is 0 Å². The highest BCUT2D eigenvalue weighted by molar-refractivity contribution is 7.16. The summed E-state index contributed by atoms with van der Waals surface area (Å²) in [4.78, 5) is 12.0. The van der Waals surface area contributed by atoms with Gasteiger partial charge in [0.15, 0.2) is 0 Å². The summed E-state index contributed by atoms with van der Waals surface area (Å²) >= 11 is 1.58. The Bertz CT molecular complexity index is 522. The lowest BCUT2D eigenvalue weighted by molar-refractivity contribution is 0.316. The third-order valence-corrected chi connectivity index (χ3v) is 3.88. The van der Waals surface area contributed by atoms with Crippen LogP contribution < -0.4 is 16.6 Å². The number of anilines is 2. The molecular weight excluding hydrogens is 260 g/mol. The minimum Gasteiger partial charge on any atom is -0.368 e. The molecule has 0 amide bonds. The number of nitrogens with one attached hydrogen (secondary N) is 2. The average molecular weight is 280 g/mol. The predicted octanol–water partition coefficient (Wildman–Crippen LogP) is 1.73. The van der Waals surface area contributed by atoms with Crippen molar-refractivity contribution in [2.24, 2.45) is 5.84 Å². The van der Waals surface area contributed by atoms with Crippen molar-refractivity contribution in [3.05, 3.63) is 11.4 Å². The Morgan fingerprint density at radius 3 is 2.79 bits per heavy atom. The van der Waals surface area contributed by atoms with Gasteiger partial charge in [-0.05, 0) is 24.5 Å². The van der Waals surface area contributed by atoms with E-state index >= 15 is 0 Å². The molecule has 0 spiro atoms. The lowest BCUT2D eigenvalue weighted by Gasteiger charge is -2.18. The van der Waals surface area contributed by atoms with Gasteiger partial charge in [0.05, 0.1) is 5.39 Å². The van der Waals surface area contributed by atoms with Gasteiger partial charge in [-0.2, -0.15) is 4.98 Å². The molecule has 0 radical (unpaired) electrons. The highest BCUT2D eigenvalue weighted by Crippen LogP contribution is 2.25. The van der Waals surface area contributed by atoms with Crippen LogP contribution in [0.25, 0.3) is 10.2 Å². The van der Waals surface area contributed by atoms with Gasteiger partial charge in [0.1, 0.15) is 10.6 Å². The van der Waals surface area contributed by atoms with E-state index in [1.165, 1.54) is 0 Å². The van der Waals surface area contributed by atoms with Crippen molar-refractivity contribution in [2.45, 2.75) is 13.8 Å². The Morgan fingerprint density at radius 1 is 1.32 bits per heavy atom. The van der Waals surface area contributed by atoms with Crippen LogP contribution >= 0.6 is 11.3 Å². The number of rotatable bonds is 7. The van der Waals surface area contributed by atoms with E-state index in [1.54, 1.807) is 11.3 Å². The zero-order valence-electron chi connectivity index (χ0n) is 11.3. The second-order valence-electron chi connectivity index (χ2n) is 4.13. The first-order chi connectivity index (χ1) is 9.28. The molecular formula is C12H20N6S. The Morgan fingerprint density at radius 2 is 2.11 bits per heavy atom. The van der Waals surface area contributed by atoms with Crippen molar-refractivity contribution in [3.63, 3.8) is 0 Å². The fourth-order valence-electron chi connectivity index (χ4n) is 1.93. The predicted molar refractivity (Wildman–Crippen MR) is 81.5 cm³/mol. The van der Waals surface area contributed by atoms with E-state index in [4.69, 9.17) is 5.84 Å². The highest BCUT2D eigenvalue weighted by Gasteiger charge is 2.08. The Labute approximate surface area is 117 Å². The Kier molecular flexibility index (Phi) is 4.89. The maximum atomic E-state index is 5.39. The standard InChI is InChI=1S/C12H20N6S/c1-3-18(4-2)7-6-14-10-9-5-8-19-11(9)16-12(15-10)17-13/h5,8H,3-4,6-7,13H2,1-2H3,(H2,14,15,16,17). The molecule has 0 fully saturated rings. The summed E-state index contributed by atoms with van der Waals surface area (Å²) in [5.74, 6) is 6.68. The van der Waals surface area contributed by atoms with Crippen LogP contribution in [0, 0.1) is 0 Å². The van der Waals surface area contributed by atoms with Crippen molar-refractivity contribution in [3.8, 4) is 0 Å². The zero-order valence-corrected chi connectivity index (χ0v) is 12.1. The summed E-state index contributed by atoms with van der Waals surface area (Å²) in [5.41, 5.74) is 2.50. The van der Waals surface area contributed by atoms with Crippen molar-refractivity contribution < 1.29 is 0 Å². The number of hydrogen-bond donors (Lipinski definition) is 3. The van der Waals surface area contributed by atoms with E-state index in [0.717, 1.165) is 42.2 Å². The molecule has 7 heteroatoms. The van der Waals surface area contributed by atoms with Gasteiger partial charge in [-0.15, -0.1) is 11.3 Å². The number of likely N-dealkylation sites (N-methyl/N-ethyl adjacent to an activating group) is 1. The summed E-state index contributed by atoms with van der Waals surface area (Å²) in [6.45, 7) is 8.31. The van der Waals surface area contributed by atoms with Gasteiger partial charge in [0.2, 0.25) is 5.95 Å². The fraction of sp³-hybridized carbons (Fsp3) is 0.500. The smallest absolute Gasteiger partial charge is 0.240 e. The first-order valence-corrected chi connectivity index (χ1v) is 7.34. The first-order valence-electron chi connectivity index (χ1n) is 6.46. The van der Waals surface area contributed by atoms with Crippen LogP contribution in [0.5, 0.6) is 0 Å². The quantitative estimate of drug-likeness (QED) is 0.529. The van der Waals surface area contributed by atoms with Crippen molar-refractivity contribution in [1.82, 2.24) is 14.9 Å². The molecule has 19 heavy (non-hydrogen) atoms. The van der Waals surface area contributed by atoms with Crippen molar-refractivity contribution in [2.75, 3.05) is 36.9 Å². The van der Waals surface area contributed by atoms with E-state index in [0.29, 0.717) is 5.95 Å². The number of nitrogen functional groups attached to an aromatic ring is 1. The van der Waals surface area contributed by atoms with Crippen molar-refractivity contribution >= 4 is 33.3 Å². The molecule has 2 rings (SSSR count). The van der Waals surface area contributed by atoms with Gasteiger partial charge in [-0.3, -0.25) is 5.43 Å². The van der Waals surface area contributed by atoms with E-state index in [-0.39, 0.29) is 0 Å². The Balaban J connectivity index is 2.08. The van der Waals surface area contributed by atoms with Gasteiger partial charge in [0.25, 0.3) is 0 Å². The summed E-state index contributed by atoms with van der Waals surface area (Å²) < 4.78 is 0. The van der Waals surface area contributed by atoms with Gasteiger partial charge in [0, 0.05) is 13.1 Å². The summed E-state index contributed by atoms with van der Waals surface area (Å²) in [6.07, 6.45) is 0. The number of hydrazine groups is 1. The number of hydrogen-bond acceptors (Lipinski definition) is 7. The second kappa shape index (κ2) is 6.65. The third kappa shape index (κ3) is 3.31. The molecule has 0 unspecified atom stereocenters. The molecule has 0 saturated carbocycles. The number of nitrogens with two attached hydrogens (primary N) is 1. The van der Waals surface area contributed by atoms with Crippen molar-refractivity contribution in [1.29, 1.82) is 0 Å². The van der Waals surface area contributed by atoms with Crippen LogP contribution in [0.15, 0.2) is 11.4 Å². The maximum absolute atomic E-state index is 5.39. The molecule has 0 saturated heterocycles. The highest BCUT2D eigenvalue weighted by atomic mass is 32.1. The van der Waals surface area contributed by atoms with E-state index in [2.05, 4.69) is 39.5 Å². The van der Waals surface area contributed by atoms with Gasteiger partial charge >= 0.3 is 0 Å². The molecule has 2 heterocycles. The molecule has 104 valence electrons. The summed E-state index contributed by atoms with van der Waals surface area (Å²) in [5, 5.41) is 6.42. The molecule has 0 aromatic carbocycles. The van der Waals surface area contributed by atoms with Crippen LogP contribution in [0.2, 0.25) is 0 Å². The largest absolute Gasteiger partial charge is 0.368 e. The molecule has 4 N–H and O–H groups in total. The molecule has 6 nitrogen and oxygen atoms in total. The van der Waals surface area contributed by atoms with Crippen LogP contribution in [0.1, 0.15) is 13.8 Å². The molecule has 0 aliphatic heterocycles. The minimum atomic E-state index is 0.445. The summed E-state index contributed by atoms with van der Waals surface area (Å²) in [6, 6.07) is 2.03. The maximum Gasteiger partial charge on any atom is 0.240 e. The van der Waals surface area contributed by atoms with Crippen LogP contribution in [-0.4, -0.2) is 41.0 Å². The molecule has 0 atom stereocenters. The van der Waals surface area contributed by atoms with Crippen LogP contribution in [0.3, 0.4) is 0 Å². The molecule has 2 aromatic heterocycles. The van der Waals surface area contributed by atoms with E-state index in [9.17, 15) is 0 Å². The fourth-order valence-corrected chi connectivity index (χ4v) is 2.69. The molecule has 2 aromatic rings. The van der Waals surface area contributed by atoms with Crippen LogP contribution in [0.4, 0.5) is 11.8 Å². The molecule has 0 aliphatic carbocycles. The van der Waals surface area contributed by atoms with Crippen LogP contribution in [-0.2, 0) is 0 Å². The lowest BCUT2D eigenvalue weighted by atomic mass is 10.3. The van der Waals surface area contributed by atoms with Gasteiger partial charge in [-0.1, -0.05) is 13.8 Å². The van der Waals surface area contributed by atoms with Gasteiger partial charge in [-0.25, -0.2) is 10.8 Å². The second-order valence-corrected chi connectivity index (χ2v) is 5.03. The average Bonchev–Trinajstić information content (AvgIpc) is 2.91. The number of nitrogens with zero attached hydrogens (tertiary/aromatic N) is 3. The Hall–Kier alpha value is -1.44. The lowest BCUT2D eigenvalue weighted by Crippen LogP contribution is -2.28. The number of thiophene rings is 1. The molecule has 0 aliphatic rings. The topological polar surface area (TPSA) is 79.1 Å².